The fourth-order valence-electron chi connectivity index (χ4n) is 1.75. The quantitative estimate of drug-likeness (QED) is 0.780. The fraction of sp³-hybridized carbons (Fsp3) is 0.429. The molecule has 1 aromatic carbocycles. The molecule has 0 saturated heterocycles. The van der Waals surface area contributed by atoms with Gasteiger partial charge < -0.3 is 20.1 Å². The highest BCUT2D eigenvalue weighted by atomic mass is 16.5. The maximum Gasteiger partial charge on any atom is 0.307 e. The normalized spacial score (nSPS) is 11.4. The van der Waals surface area contributed by atoms with Crippen molar-refractivity contribution >= 4 is 23.3 Å². The SMILES string of the molecule is COC(=O)CC(C)Nc1cc(NC(C)=O)ccc1OC. The number of methoxy groups -OCH3 is 2. The first-order valence-corrected chi connectivity index (χ1v) is 6.25. The number of ether oxygens (including phenoxy) is 2. The lowest BCUT2D eigenvalue weighted by molar-refractivity contribution is -0.140. The van der Waals surface area contributed by atoms with E-state index < -0.39 is 0 Å². The molecule has 6 nitrogen and oxygen atoms in total. The first-order chi connectivity index (χ1) is 9.46. The van der Waals surface area contributed by atoms with Crippen molar-refractivity contribution in [2.45, 2.75) is 26.3 Å². The average molecular weight is 280 g/mol. The number of nitrogens with one attached hydrogen (secondary N) is 2. The molecule has 0 saturated carbocycles. The van der Waals surface area contributed by atoms with E-state index >= 15 is 0 Å². The van der Waals surface area contributed by atoms with Gasteiger partial charge in [-0.2, -0.15) is 0 Å². The molecule has 0 aliphatic rings. The van der Waals surface area contributed by atoms with Gasteiger partial charge in [-0.3, -0.25) is 9.59 Å². The number of carbonyl (C=O) groups excluding carboxylic acids is 2. The summed E-state index contributed by atoms with van der Waals surface area (Å²) in [7, 11) is 2.91. The van der Waals surface area contributed by atoms with Crippen LogP contribution in [0.1, 0.15) is 20.3 Å². The lowest BCUT2D eigenvalue weighted by Gasteiger charge is -2.17. The topological polar surface area (TPSA) is 76.7 Å². The molecular formula is C14H20N2O4. The summed E-state index contributed by atoms with van der Waals surface area (Å²) in [5, 5.41) is 5.86. The number of amides is 1. The van der Waals surface area contributed by atoms with Gasteiger partial charge in [0.05, 0.1) is 26.3 Å². The molecule has 0 aliphatic heterocycles. The van der Waals surface area contributed by atoms with Crippen LogP contribution in [0.5, 0.6) is 5.75 Å². The first kappa shape index (κ1) is 15.8. The summed E-state index contributed by atoms with van der Waals surface area (Å²) in [5.74, 6) is 0.196. The van der Waals surface area contributed by atoms with Crippen molar-refractivity contribution in [1.82, 2.24) is 0 Å². The van der Waals surface area contributed by atoms with Gasteiger partial charge in [0, 0.05) is 18.7 Å². The third kappa shape index (κ3) is 4.79. The standard InChI is InChI=1S/C14H20N2O4/c1-9(7-14(18)20-4)15-12-8-11(16-10(2)17)5-6-13(12)19-3/h5-6,8-9,15H,7H2,1-4H3,(H,16,17). The van der Waals surface area contributed by atoms with Crippen LogP contribution in [0.4, 0.5) is 11.4 Å². The highest BCUT2D eigenvalue weighted by molar-refractivity contribution is 5.89. The van der Waals surface area contributed by atoms with Crippen molar-refractivity contribution in [3.63, 3.8) is 0 Å². The number of hydrogen-bond acceptors (Lipinski definition) is 5. The van der Waals surface area contributed by atoms with Crippen molar-refractivity contribution in [2.75, 3.05) is 24.9 Å². The maximum atomic E-state index is 11.2. The van der Waals surface area contributed by atoms with Gasteiger partial charge in [-0.15, -0.1) is 0 Å². The second-order valence-electron chi connectivity index (χ2n) is 4.42. The van der Waals surface area contributed by atoms with Crippen LogP contribution in [-0.2, 0) is 14.3 Å². The Kier molecular flexibility index (Phi) is 5.83. The van der Waals surface area contributed by atoms with E-state index in [0.717, 1.165) is 0 Å². The summed E-state index contributed by atoms with van der Waals surface area (Å²) in [6.07, 6.45) is 0.240. The zero-order chi connectivity index (χ0) is 15.1. The summed E-state index contributed by atoms with van der Waals surface area (Å²) in [6, 6.07) is 5.13. The Hall–Kier alpha value is -2.24. The van der Waals surface area contributed by atoms with Crippen LogP contribution in [0.15, 0.2) is 18.2 Å². The third-order valence-corrected chi connectivity index (χ3v) is 2.62. The molecule has 1 aromatic rings. The third-order valence-electron chi connectivity index (χ3n) is 2.62. The largest absolute Gasteiger partial charge is 0.495 e. The van der Waals surface area contributed by atoms with Crippen molar-refractivity contribution in [3.05, 3.63) is 18.2 Å². The highest BCUT2D eigenvalue weighted by Crippen LogP contribution is 2.28. The molecule has 0 fully saturated rings. The van der Waals surface area contributed by atoms with Crippen molar-refractivity contribution in [3.8, 4) is 5.75 Å². The molecule has 6 heteroatoms. The summed E-state index contributed by atoms with van der Waals surface area (Å²) < 4.78 is 9.87. The van der Waals surface area contributed by atoms with E-state index in [4.69, 9.17) is 4.74 Å². The van der Waals surface area contributed by atoms with Gasteiger partial charge in [0.15, 0.2) is 0 Å². The first-order valence-electron chi connectivity index (χ1n) is 6.25. The van der Waals surface area contributed by atoms with Crippen LogP contribution in [-0.4, -0.2) is 32.1 Å². The van der Waals surface area contributed by atoms with Crippen LogP contribution in [0.3, 0.4) is 0 Å². The number of rotatable bonds is 6. The van der Waals surface area contributed by atoms with Gasteiger partial charge in [0.2, 0.25) is 5.91 Å². The second kappa shape index (κ2) is 7.37. The Morgan fingerprint density at radius 2 is 2.00 bits per heavy atom. The molecule has 1 unspecified atom stereocenters. The molecule has 2 N–H and O–H groups in total. The Balaban J connectivity index is 2.84. The summed E-state index contributed by atoms with van der Waals surface area (Å²) >= 11 is 0. The molecule has 0 heterocycles. The number of hydrogen-bond donors (Lipinski definition) is 2. The van der Waals surface area contributed by atoms with Gasteiger partial charge in [0.25, 0.3) is 0 Å². The minimum absolute atomic E-state index is 0.121. The van der Waals surface area contributed by atoms with Gasteiger partial charge >= 0.3 is 5.97 Å². The van der Waals surface area contributed by atoms with Crippen molar-refractivity contribution < 1.29 is 19.1 Å². The van der Waals surface area contributed by atoms with Crippen LogP contribution >= 0.6 is 0 Å². The van der Waals surface area contributed by atoms with Crippen LogP contribution in [0, 0.1) is 0 Å². The van der Waals surface area contributed by atoms with Crippen molar-refractivity contribution in [2.24, 2.45) is 0 Å². The summed E-state index contributed by atoms with van der Waals surface area (Å²) in [6.45, 7) is 3.30. The molecule has 0 bridgehead atoms. The molecule has 1 atom stereocenters. The van der Waals surface area contributed by atoms with E-state index in [9.17, 15) is 9.59 Å². The Morgan fingerprint density at radius 1 is 1.30 bits per heavy atom. The number of carbonyl (C=O) groups is 2. The highest BCUT2D eigenvalue weighted by Gasteiger charge is 2.12. The molecule has 110 valence electrons. The number of esters is 1. The minimum atomic E-state index is -0.290. The van der Waals surface area contributed by atoms with Crippen LogP contribution in [0.25, 0.3) is 0 Å². The van der Waals surface area contributed by atoms with E-state index in [1.54, 1.807) is 25.3 Å². The van der Waals surface area contributed by atoms with E-state index in [-0.39, 0.29) is 24.3 Å². The van der Waals surface area contributed by atoms with Gasteiger partial charge in [-0.25, -0.2) is 0 Å². The molecule has 0 aliphatic carbocycles. The molecule has 1 amide bonds. The molecule has 0 spiro atoms. The molecule has 0 aromatic heterocycles. The number of benzene rings is 1. The van der Waals surface area contributed by atoms with Gasteiger partial charge in [-0.1, -0.05) is 0 Å². The smallest absolute Gasteiger partial charge is 0.307 e. The molecule has 1 rings (SSSR count). The van der Waals surface area contributed by atoms with Gasteiger partial charge in [-0.05, 0) is 25.1 Å². The van der Waals surface area contributed by atoms with Crippen LogP contribution in [0.2, 0.25) is 0 Å². The Morgan fingerprint density at radius 3 is 2.55 bits per heavy atom. The Bertz CT molecular complexity index is 488. The van der Waals surface area contributed by atoms with E-state index in [1.807, 2.05) is 6.92 Å². The predicted octanol–water partition coefficient (Wildman–Crippen LogP) is 2.02. The predicted molar refractivity (Wildman–Crippen MR) is 77.0 cm³/mol. The monoisotopic (exact) mass is 280 g/mol. The van der Waals surface area contributed by atoms with E-state index in [1.165, 1.54) is 14.0 Å². The van der Waals surface area contributed by atoms with Crippen LogP contribution < -0.4 is 15.4 Å². The van der Waals surface area contributed by atoms with Crippen molar-refractivity contribution in [1.29, 1.82) is 0 Å². The summed E-state index contributed by atoms with van der Waals surface area (Å²) in [4.78, 5) is 22.3. The summed E-state index contributed by atoms with van der Waals surface area (Å²) in [5.41, 5.74) is 1.36. The van der Waals surface area contributed by atoms with E-state index in [2.05, 4.69) is 15.4 Å². The lowest BCUT2D eigenvalue weighted by atomic mass is 10.2. The second-order valence-corrected chi connectivity index (χ2v) is 4.42. The van der Waals surface area contributed by atoms with Gasteiger partial charge in [0.1, 0.15) is 5.75 Å². The Labute approximate surface area is 118 Å². The lowest BCUT2D eigenvalue weighted by Crippen LogP contribution is -2.20. The zero-order valence-electron chi connectivity index (χ0n) is 12.1. The fourth-order valence-corrected chi connectivity index (χ4v) is 1.75. The van der Waals surface area contributed by atoms with E-state index in [0.29, 0.717) is 17.1 Å². The number of anilines is 2. The molecule has 0 radical (unpaired) electrons. The minimum Gasteiger partial charge on any atom is -0.495 e. The molecular weight excluding hydrogens is 260 g/mol. The zero-order valence-corrected chi connectivity index (χ0v) is 12.1. The average Bonchev–Trinajstić information content (AvgIpc) is 2.38. The molecule has 20 heavy (non-hydrogen) atoms. The maximum absolute atomic E-state index is 11.2.